The first kappa shape index (κ1) is 16.5. The normalized spacial score (nSPS) is 25.6. The standard InChI is InChI=1S/C14H24N2O4S/c1-10(2)9-21(19,20)15-12-5-13(6-12)16(8-14(17)18)7-11-3-4-11/h11-13,15H,1,3-9H2,2H3,(H,17,18). The van der Waals surface area contributed by atoms with Crippen molar-refractivity contribution in [1.29, 1.82) is 0 Å². The molecule has 0 aliphatic heterocycles. The van der Waals surface area contributed by atoms with Crippen molar-refractivity contribution in [2.75, 3.05) is 18.8 Å². The molecule has 0 aromatic heterocycles. The second kappa shape index (κ2) is 6.46. The summed E-state index contributed by atoms with van der Waals surface area (Å²) in [5.41, 5.74) is 0.611. The van der Waals surface area contributed by atoms with Gasteiger partial charge in [0.05, 0.1) is 12.3 Å². The van der Waals surface area contributed by atoms with Crippen molar-refractivity contribution in [3.05, 3.63) is 12.2 Å². The van der Waals surface area contributed by atoms with E-state index in [1.54, 1.807) is 6.92 Å². The highest BCUT2D eigenvalue weighted by molar-refractivity contribution is 7.89. The Balaban J connectivity index is 1.80. The van der Waals surface area contributed by atoms with Gasteiger partial charge in [-0.05, 0) is 38.5 Å². The van der Waals surface area contributed by atoms with Crippen LogP contribution in [0.2, 0.25) is 0 Å². The Kier molecular flexibility index (Phi) is 5.06. The summed E-state index contributed by atoms with van der Waals surface area (Å²) in [6.07, 6.45) is 3.74. The van der Waals surface area contributed by atoms with E-state index in [4.69, 9.17) is 5.11 Å². The summed E-state index contributed by atoms with van der Waals surface area (Å²) < 4.78 is 26.3. The first-order chi connectivity index (χ1) is 9.75. The molecule has 0 radical (unpaired) electrons. The third-order valence-electron chi connectivity index (χ3n) is 3.94. The summed E-state index contributed by atoms with van der Waals surface area (Å²) in [4.78, 5) is 12.9. The van der Waals surface area contributed by atoms with Crippen molar-refractivity contribution in [3.63, 3.8) is 0 Å². The van der Waals surface area contributed by atoms with E-state index in [0.29, 0.717) is 24.3 Å². The number of sulfonamides is 1. The molecule has 7 heteroatoms. The van der Waals surface area contributed by atoms with Crippen molar-refractivity contribution in [1.82, 2.24) is 9.62 Å². The molecule has 0 bridgehead atoms. The molecule has 2 N–H and O–H groups in total. The van der Waals surface area contributed by atoms with Crippen LogP contribution in [0.25, 0.3) is 0 Å². The fourth-order valence-corrected chi connectivity index (χ4v) is 4.18. The van der Waals surface area contributed by atoms with E-state index in [1.165, 1.54) is 12.8 Å². The quantitative estimate of drug-likeness (QED) is 0.615. The van der Waals surface area contributed by atoms with E-state index >= 15 is 0 Å². The van der Waals surface area contributed by atoms with Crippen LogP contribution in [0.4, 0.5) is 0 Å². The first-order valence-electron chi connectivity index (χ1n) is 7.35. The minimum atomic E-state index is -3.31. The number of carboxylic acid groups (broad SMARTS) is 1. The van der Waals surface area contributed by atoms with E-state index in [0.717, 1.165) is 6.54 Å². The molecule has 0 amide bonds. The van der Waals surface area contributed by atoms with Crippen LogP contribution < -0.4 is 4.72 Å². The van der Waals surface area contributed by atoms with Gasteiger partial charge in [-0.1, -0.05) is 12.2 Å². The minimum Gasteiger partial charge on any atom is -0.480 e. The average Bonchev–Trinajstić information content (AvgIpc) is 3.03. The second-order valence-corrected chi connectivity index (χ2v) is 8.18. The maximum Gasteiger partial charge on any atom is 0.317 e. The molecule has 0 saturated heterocycles. The molecule has 0 atom stereocenters. The summed E-state index contributed by atoms with van der Waals surface area (Å²) in [6, 6.07) is 0.106. The number of rotatable bonds is 9. The van der Waals surface area contributed by atoms with Crippen LogP contribution >= 0.6 is 0 Å². The lowest BCUT2D eigenvalue weighted by atomic mass is 9.86. The molecule has 0 aromatic carbocycles. The van der Waals surface area contributed by atoms with Gasteiger partial charge >= 0.3 is 5.97 Å². The van der Waals surface area contributed by atoms with Gasteiger partial charge in [0.15, 0.2) is 0 Å². The maximum atomic E-state index is 11.8. The smallest absolute Gasteiger partial charge is 0.317 e. The van der Waals surface area contributed by atoms with Crippen LogP contribution in [-0.4, -0.2) is 55.3 Å². The van der Waals surface area contributed by atoms with E-state index in [2.05, 4.69) is 11.3 Å². The van der Waals surface area contributed by atoms with Gasteiger partial charge in [0, 0.05) is 18.6 Å². The summed E-state index contributed by atoms with van der Waals surface area (Å²) in [6.45, 7) is 6.17. The molecule has 0 spiro atoms. The largest absolute Gasteiger partial charge is 0.480 e. The van der Waals surface area contributed by atoms with Gasteiger partial charge in [-0.25, -0.2) is 13.1 Å². The Morgan fingerprint density at radius 2 is 2.00 bits per heavy atom. The monoisotopic (exact) mass is 316 g/mol. The predicted molar refractivity (Wildman–Crippen MR) is 80.5 cm³/mol. The molecule has 120 valence electrons. The topological polar surface area (TPSA) is 86.7 Å². The summed E-state index contributed by atoms with van der Waals surface area (Å²) in [5.74, 6) is -0.236. The number of carbonyl (C=O) groups is 1. The Morgan fingerprint density at radius 3 is 2.48 bits per heavy atom. The average molecular weight is 316 g/mol. The molecule has 2 aliphatic carbocycles. The number of nitrogens with zero attached hydrogens (tertiary/aromatic N) is 1. The van der Waals surface area contributed by atoms with Crippen LogP contribution in [-0.2, 0) is 14.8 Å². The first-order valence-corrected chi connectivity index (χ1v) is 9.00. The van der Waals surface area contributed by atoms with Gasteiger partial charge in [0.2, 0.25) is 10.0 Å². The Bertz CT molecular complexity index is 507. The minimum absolute atomic E-state index is 0.0465. The summed E-state index contributed by atoms with van der Waals surface area (Å²) in [5, 5.41) is 8.97. The van der Waals surface area contributed by atoms with Gasteiger partial charge < -0.3 is 5.11 Å². The predicted octanol–water partition coefficient (Wildman–Crippen LogP) is 0.810. The number of carboxylic acids is 1. The Morgan fingerprint density at radius 1 is 1.38 bits per heavy atom. The third-order valence-corrected chi connectivity index (χ3v) is 5.51. The molecule has 2 fully saturated rings. The molecular formula is C14H24N2O4S. The number of hydrogen-bond acceptors (Lipinski definition) is 4. The van der Waals surface area contributed by atoms with Crippen LogP contribution in [0.3, 0.4) is 0 Å². The summed E-state index contributed by atoms with van der Waals surface area (Å²) in [7, 11) is -3.31. The van der Waals surface area contributed by atoms with Crippen molar-refractivity contribution in [3.8, 4) is 0 Å². The number of nitrogens with one attached hydrogen (secondary N) is 1. The van der Waals surface area contributed by atoms with Crippen molar-refractivity contribution < 1.29 is 18.3 Å². The fraction of sp³-hybridized carbons (Fsp3) is 0.786. The lowest BCUT2D eigenvalue weighted by Crippen LogP contribution is -2.55. The zero-order chi connectivity index (χ0) is 15.6. The van der Waals surface area contributed by atoms with E-state index < -0.39 is 16.0 Å². The highest BCUT2D eigenvalue weighted by Gasteiger charge is 2.38. The van der Waals surface area contributed by atoms with E-state index in [-0.39, 0.29) is 24.4 Å². The molecular weight excluding hydrogens is 292 g/mol. The highest BCUT2D eigenvalue weighted by Crippen LogP contribution is 2.33. The lowest BCUT2D eigenvalue weighted by Gasteiger charge is -2.42. The molecule has 21 heavy (non-hydrogen) atoms. The fourth-order valence-electron chi connectivity index (χ4n) is 2.75. The van der Waals surface area contributed by atoms with Crippen LogP contribution in [0.1, 0.15) is 32.6 Å². The van der Waals surface area contributed by atoms with Crippen LogP contribution in [0, 0.1) is 5.92 Å². The lowest BCUT2D eigenvalue weighted by molar-refractivity contribution is -0.139. The molecule has 0 aromatic rings. The third kappa shape index (κ3) is 5.41. The van der Waals surface area contributed by atoms with Crippen molar-refractivity contribution >= 4 is 16.0 Å². The zero-order valence-corrected chi connectivity index (χ0v) is 13.2. The van der Waals surface area contributed by atoms with Crippen LogP contribution in [0.5, 0.6) is 0 Å². The summed E-state index contributed by atoms with van der Waals surface area (Å²) >= 11 is 0. The number of hydrogen-bond donors (Lipinski definition) is 2. The van der Waals surface area contributed by atoms with Gasteiger partial charge in [-0.2, -0.15) is 0 Å². The maximum absolute atomic E-state index is 11.8. The molecule has 0 unspecified atom stereocenters. The highest BCUT2D eigenvalue weighted by atomic mass is 32.2. The van der Waals surface area contributed by atoms with E-state index in [9.17, 15) is 13.2 Å². The van der Waals surface area contributed by atoms with E-state index in [1.807, 2.05) is 4.90 Å². The van der Waals surface area contributed by atoms with Crippen molar-refractivity contribution in [2.45, 2.75) is 44.7 Å². The Hall–Kier alpha value is -0.920. The van der Waals surface area contributed by atoms with Gasteiger partial charge in [0.1, 0.15) is 0 Å². The number of aliphatic carboxylic acids is 1. The molecule has 2 aliphatic rings. The Labute approximate surface area is 126 Å². The second-order valence-electron chi connectivity index (χ2n) is 6.42. The zero-order valence-electron chi connectivity index (χ0n) is 12.4. The molecule has 6 nitrogen and oxygen atoms in total. The SMILES string of the molecule is C=C(C)CS(=O)(=O)NC1CC(N(CC(=O)O)CC2CC2)C1. The van der Waals surface area contributed by atoms with Gasteiger partial charge in [-0.3, -0.25) is 9.69 Å². The van der Waals surface area contributed by atoms with Gasteiger partial charge in [-0.15, -0.1) is 0 Å². The molecule has 2 rings (SSSR count). The molecule has 0 heterocycles. The van der Waals surface area contributed by atoms with Gasteiger partial charge in [0.25, 0.3) is 0 Å². The molecule has 2 saturated carbocycles. The van der Waals surface area contributed by atoms with Crippen LogP contribution in [0.15, 0.2) is 12.2 Å². The van der Waals surface area contributed by atoms with Crippen molar-refractivity contribution in [2.24, 2.45) is 5.92 Å².